The Hall–Kier alpha value is -0.260. The maximum Gasteiger partial charge on any atom is -0.0236 e. The summed E-state index contributed by atoms with van der Waals surface area (Å²) < 4.78 is 0. The van der Waals surface area contributed by atoms with Crippen LogP contribution in [0.5, 0.6) is 0 Å². The summed E-state index contributed by atoms with van der Waals surface area (Å²) in [5.41, 5.74) is 0. The minimum absolute atomic E-state index is 0.861. The van der Waals surface area contributed by atoms with Crippen LogP contribution in [0.2, 0.25) is 0 Å². The molecule has 1 saturated carbocycles. The first kappa shape index (κ1) is 13.3. The third-order valence-corrected chi connectivity index (χ3v) is 1.73. The van der Waals surface area contributed by atoms with E-state index in [0.717, 1.165) is 5.92 Å². The highest BCUT2D eigenvalue weighted by Crippen LogP contribution is 2.24. The molecule has 0 amide bonds. The van der Waals surface area contributed by atoms with Gasteiger partial charge in [0.05, 0.1) is 0 Å². The number of allylic oxidation sites excluding steroid dienone is 1. The number of hydrogen-bond acceptors (Lipinski definition) is 0. The Balaban J connectivity index is 0. The van der Waals surface area contributed by atoms with Crippen LogP contribution in [0.1, 0.15) is 53.4 Å². The van der Waals surface area contributed by atoms with Crippen LogP contribution in [0.4, 0.5) is 0 Å². The van der Waals surface area contributed by atoms with Crippen molar-refractivity contribution in [3.8, 4) is 0 Å². The van der Waals surface area contributed by atoms with Crippen LogP contribution in [0.3, 0.4) is 0 Å². The van der Waals surface area contributed by atoms with Gasteiger partial charge in [-0.1, -0.05) is 46.6 Å². The topological polar surface area (TPSA) is 0 Å². The third kappa shape index (κ3) is 7.64. The van der Waals surface area contributed by atoms with Crippen molar-refractivity contribution in [2.45, 2.75) is 53.4 Å². The van der Waals surface area contributed by atoms with Crippen molar-refractivity contribution < 1.29 is 0 Å². The molecule has 0 heterocycles. The Kier molecular flexibility index (Phi) is 15.1. The minimum Gasteiger partial charge on any atom is -0.103 e. The predicted octanol–water partition coefficient (Wildman–Crippen LogP) is 4.42. The summed E-state index contributed by atoms with van der Waals surface area (Å²) in [6, 6.07) is 0. The normalized spacial score (nSPS) is 15.6. The molecule has 0 atom stereocenters. The maximum atomic E-state index is 3.74. The average Bonchev–Trinajstić information content (AvgIpc) is 2.63. The van der Waals surface area contributed by atoms with E-state index in [4.69, 9.17) is 0 Å². The second-order valence-corrected chi connectivity index (χ2v) is 2.28. The van der Waals surface area contributed by atoms with E-state index < -0.39 is 0 Å². The van der Waals surface area contributed by atoms with E-state index in [2.05, 4.69) is 12.7 Å². The Morgan fingerprint density at radius 2 is 1.36 bits per heavy atom. The molecule has 0 bridgehead atoms. The minimum atomic E-state index is 0.861. The Morgan fingerprint density at radius 3 is 1.55 bits per heavy atom. The van der Waals surface area contributed by atoms with Gasteiger partial charge in [-0.25, -0.2) is 0 Å². The average molecular weight is 156 g/mol. The van der Waals surface area contributed by atoms with E-state index in [1.54, 1.807) is 0 Å². The molecule has 0 aromatic rings. The second-order valence-electron chi connectivity index (χ2n) is 2.28. The van der Waals surface area contributed by atoms with Crippen molar-refractivity contribution in [2.24, 2.45) is 5.92 Å². The molecule has 11 heavy (non-hydrogen) atoms. The molecule has 1 aliphatic rings. The number of hydrogen-bond donors (Lipinski definition) is 0. The summed E-state index contributed by atoms with van der Waals surface area (Å²) in [6.07, 6.45) is 7.73. The van der Waals surface area contributed by atoms with Crippen LogP contribution in [-0.2, 0) is 0 Å². The van der Waals surface area contributed by atoms with Crippen molar-refractivity contribution in [3.05, 3.63) is 12.7 Å². The van der Waals surface area contributed by atoms with E-state index in [-0.39, 0.29) is 0 Å². The van der Waals surface area contributed by atoms with Crippen LogP contribution in [-0.4, -0.2) is 0 Å². The maximum absolute atomic E-state index is 3.74. The highest BCUT2D eigenvalue weighted by Gasteiger charge is 2.09. The lowest BCUT2D eigenvalue weighted by molar-refractivity contribution is 0.688. The van der Waals surface area contributed by atoms with Crippen LogP contribution >= 0.6 is 0 Å². The zero-order chi connectivity index (χ0) is 9.11. The second kappa shape index (κ2) is 12.4. The fraction of sp³-hybridized carbons (Fsp3) is 0.818. The zero-order valence-electron chi connectivity index (χ0n) is 8.69. The molecule has 0 aromatic heterocycles. The lowest BCUT2D eigenvalue weighted by Gasteiger charge is -1.94. The Morgan fingerprint density at radius 1 is 1.00 bits per heavy atom. The van der Waals surface area contributed by atoms with Gasteiger partial charge in [-0.05, 0) is 18.8 Å². The molecule has 0 aromatic carbocycles. The predicted molar refractivity (Wildman–Crippen MR) is 54.9 cm³/mol. The van der Waals surface area contributed by atoms with Gasteiger partial charge in [-0.3, -0.25) is 0 Å². The van der Waals surface area contributed by atoms with Gasteiger partial charge in [0.1, 0.15) is 0 Å². The first-order valence-corrected chi connectivity index (χ1v) is 5.06. The van der Waals surface area contributed by atoms with E-state index in [1.807, 2.05) is 27.7 Å². The fourth-order valence-electron chi connectivity index (χ4n) is 1.19. The van der Waals surface area contributed by atoms with Gasteiger partial charge >= 0.3 is 0 Å². The van der Waals surface area contributed by atoms with Gasteiger partial charge in [0, 0.05) is 0 Å². The molecular weight excluding hydrogens is 132 g/mol. The van der Waals surface area contributed by atoms with Crippen LogP contribution in [0, 0.1) is 5.92 Å². The van der Waals surface area contributed by atoms with Gasteiger partial charge in [0.2, 0.25) is 0 Å². The lowest BCUT2D eigenvalue weighted by Crippen LogP contribution is -1.81. The van der Waals surface area contributed by atoms with E-state index in [0.29, 0.717) is 0 Å². The summed E-state index contributed by atoms with van der Waals surface area (Å²) in [5, 5.41) is 0. The van der Waals surface area contributed by atoms with E-state index in [9.17, 15) is 0 Å². The quantitative estimate of drug-likeness (QED) is 0.493. The zero-order valence-corrected chi connectivity index (χ0v) is 8.69. The third-order valence-electron chi connectivity index (χ3n) is 1.73. The van der Waals surface area contributed by atoms with Gasteiger partial charge in [0.15, 0.2) is 0 Å². The molecular formula is C11H24. The van der Waals surface area contributed by atoms with Gasteiger partial charge in [-0.15, -0.1) is 6.58 Å². The van der Waals surface area contributed by atoms with Crippen molar-refractivity contribution in [2.75, 3.05) is 0 Å². The summed E-state index contributed by atoms with van der Waals surface area (Å²) in [5.74, 6) is 0.861. The van der Waals surface area contributed by atoms with Crippen LogP contribution in [0.25, 0.3) is 0 Å². The van der Waals surface area contributed by atoms with Gasteiger partial charge < -0.3 is 0 Å². The Bertz CT molecular complexity index is 58.4. The summed E-state index contributed by atoms with van der Waals surface area (Å²) in [7, 11) is 0. The molecule has 0 nitrogen and oxygen atoms in total. The number of rotatable bonds is 1. The molecule has 0 aliphatic heterocycles. The molecule has 0 radical (unpaired) electrons. The van der Waals surface area contributed by atoms with Crippen molar-refractivity contribution in [3.63, 3.8) is 0 Å². The SMILES string of the molecule is C=CC1CCCC1.CC.CC. The fourth-order valence-corrected chi connectivity index (χ4v) is 1.19. The summed E-state index contributed by atoms with van der Waals surface area (Å²) >= 11 is 0. The van der Waals surface area contributed by atoms with Gasteiger partial charge in [-0.2, -0.15) is 0 Å². The van der Waals surface area contributed by atoms with Crippen LogP contribution < -0.4 is 0 Å². The molecule has 0 heteroatoms. The monoisotopic (exact) mass is 156 g/mol. The van der Waals surface area contributed by atoms with Gasteiger partial charge in [0.25, 0.3) is 0 Å². The standard InChI is InChI=1S/C7H12.2C2H6/c1-2-7-5-3-4-6-7;2*1-2/h2,7H,1,3-6H2;2*1-2H3. The van der Waals surface area contributed by atoms with E-state index in [1.165, 1.54) is 25.7 Å². The van der Waals surface area contributed by atoms with Crippen molar-refractivity contribution in [1.82, 2.24) is 0 Å². The molecule has 1 fully saturated rings. The Labute approximate surface area is 72.7 Å². The molecule has 1 rings (SSSR count). The molecule has 0 unspecified atom stereocenters. The largest absolute Gasteiger partial charge is 0.103 e. The van der Waals surface area contributed by atoms with E-state index >= 15 is 0 Å². The first-order valence-electron chi connectivity index (χ1n) is 5.06. The molecule has 0 spiro atoms. The highest BCUT2D eigenvalue weighted by molar-refractivity contribution is 4.82. The first-order chi connectivity index (χ1) is 5.43. The highest BCUT2D eigenvalue weighted by atomic mass is 14.1. The van der Waals surface area contributed by atoms with Crippen molar-refractivity contribution >= 4 is 0 Å². The molecule has 1 aliphatic carbocycles. The van der Waals surface area contributed by atoms with Crippen LogP contribution in [0.15, 0.2) is 12.7 Å². The summed E-state index contributed by atoms with van der Waals surface area (Å²) in [4.78, 5) is 0. The lowest BCUT2D eigenvalue weighted by atomic mass is 10.1. The molecule has 0 N–H and O–H groups in total. The van der Waals surface area contributed by atoms with Crippen molar-refractivity contribution in [1.29, 1.82) is 0 Å². The smallest absolute Gasteiger partial charge is 0.0236 e. The summed E-state index contributed by atoms with van der Waals surface area (Å²) in [6.45, 7) is 11.7. The molecule has 68 valence electrons. The molecule has 0 saturated heterocycles.